The van der Waals surface area contributed by atoms with E-state index in [1.54, 1.807) is 33.8 Å². The summed E-state index contributed by atoms with van der Waals surface area (Å²) < 4.78 is 35.2. The van der Waals surface area contributed by atoms with Crippen LogP contribution in [0, 0.1) is 6.92 Å². The molecule has 2 aliphatic rings. The normalized spacial score (nSPS) is 20.6. The number of aryl methyl sites for hydroxylation is 1. The van der Waals surface area contributed by atoms with Crippen molar-refractivity contribution in [2.45, 2.75) is 64.5 Å². The van der Waals surface area contributed by atoms with Gasteiger partial charge in [0.05, 0.1) is 24.9 Å². The molecule has 1 saturated heterocycles. The lowest BCUT2D eigenvalue weighted by molar-refractivity contribution is 0.0511. The highest BCUT2D eigenvalue weighted by Gasteiger charge is 2.46. The Morgan fingerprint density at radius 3 is 2.71 bits per heavy atom. The van der Waals surface area contributed by atoms with Crippen molar-refractivity contribution in [1.29, 1.82) is 0 Å². The Kier molecular flexibility index (Phi) is 6.67. The number of rotatable bonds is 6. The molecule has 0 radical (unpaired) electrons. The lowest BCUT2D eigenvalue weighted by Crippen LogP contribution is -2.44. The van der Waals surface area contributed by atoms with Crippen molar-refractivity contribution in [3.05, 3.63) is 23.5 Å². The molecule has 34 heavy (non-hydrogen) atoms. The fourth-order valence-electron chi connectivity index (χ4n) is 3.97. The summed E-state index contributed by atoms with van der Waals surface area (Å²) >= 11 is -2.18. The zero-order valence-corrected chi connectivity index (χ0v) is 21.0. The highest BCUT2D eigenvalue weighted by atomic mass is 32.2. The molecule has 0 spiro atoms. The third kappa shape index (κ3) is 5.56. The molecule has 4 rings (SSSR count). The van der Waals surface area contributed by atoms with E-state index in [1.807, 2.05) is 6.07 Å². The van der Waals surface area contributed by atoms with Crippen LogP contribution < -0.4 is 10.2 Å². The van der Waals surface area contributed by atoms with Gasteiger partial charge in [-0.2, -0.15) is 9.67 Å². The van der Waals surface area contributed by atoms with Crippen LogP contribution in [0.4, 0.5) is 22.4 Å². The average Bonchev–Trinajstić information content (AvgIpc) is 3.41. The third-order valence-corrected chi connectivity index (χ3v) is 6.65. The van der Waals surface area contributed by atoms with Crippen molar-refractivity contribution < 1.29 is 23.0 Å². The fraction of sp³-hybridized carbons (Fsp3) is 0.636. The number of aromatic nitrogens is 4. The van der Waals surface area contributed by atoms with Gasteiger partial charge in [0.2, 0.25) is 5.95 Å². The molecule has 1 unspecified atom stereocenters. The van der Waals surface area contributed by atoms with Crippen LogP contribution >= 0.6 is 0 Å². The van der Waals surface area contributed by atoms with Gasteiger partial charge in [-0.3, -0.25) is 4.21 Å². The quantitative estimate of drug-likeness (QED) is 0.601. The number of nitrogens with one attached hydrogen (secondary N) is 1. The Balaban J connectivity index is 1.66. The molecule has 2 atom stereocenters. The predicted molar refractivity (Wildman–Crippen MR) is 126 cm³/mol. The second-order valence-corrected chi connectivity index (χ2v) is 10.9. The number of carbonyl (C=O) groups excluding carboxylic acids is 1. The average molecular weight is 492 g/mol. The number of nitrogens with zero attached hydrogens (tertiary/aromatic N) is 5. The van der Waals surface area contributed by atoms with Crippen molar-refractivity contribution in [2.75, 3.05) is 35.7 Å². The van der Waals surface area contributed by atoms with E-state index in [4.69, 9.17) is 14.5 Å². The Labute approximate surface area is 201 Å². The number of hydrogen-bond donors (Lipinski definition) is 1. The van der Waals surface area contributed by atoms with E-state index in [-0.39, 0.29) is 11.8 Å². The molecule has 0 aromatic carbocycles. The summed E-state index contributed by atoms with van der Waals surface area (Å²) in [6.45, 7) is 11.0. The van der Waals surface area contributed by atoms with Gasteiger partial charge in [-0.15, -0.1) is 5.10 Å². The smallest absolute Gasteiger partial charge is 0.435 e. The van der Waals surface area contributed by atoms with E-state index >= 15 is 0 Å². The minimum Gasteiger partial charge on any atom is -0.772 e. The molecule has 0 amide bonds. The van der Waals surface area contributed by atoms with Crippen LogP contribution in [0.15, 0.2) is 12.1 Å². The summed E-state index contributed by atoms with van der Waals surface area (Å²) in [5.74, 6) is 1.41. The van der Waals surface area contributed by atoms with E-state index in [0.29, 0.717) is 48.7 Å². The Bertz CT molecular complexity index is 1090. The van der Waals surface area contributed by atoms with Crippen molar-refractivity contribution >= 4 is 34.8 Å². The van der Waals surface area contributed by atoms with E-state index in [0.717, 1.165) is 12.8 Å². The van der Waals surface area contributed by atoms with Crippen molar-refractivity contribution in [3.63, 3.8) is 0 Å². The number of hydrogen-bond acceptors (Lipinski definition) is 10. The number of carbonyl (C=O) groups is 1. The largest absolute Gasteiger partial charge is 0.772 e. The minimum atomic E-state index is -2.18. The zero-order chi connectivity index (χ0) is 24.7. The molecule has 1 saturated carbocycles. The molecule has 1 N–H and O–H groups in total. The van der Waals surface area contributed by atoms with Gasteiger partial charge in [0, 0.05) is 35.5 Å². The molecule has 1 aliphatic heterocycles. The standard InChI is InChI=1S/C22H32N6O5S/c1-14-10-17(26-28(14)20(29)33-21(3,4)5)24-19-23-16(22(6-7-22)13-34(30)31)11-18(25-19)27-8-9-32-12-15(27)2/h10-11,15H,6-9,12-13H2,1-5H3,(H,30,31)(H,23,24,25,26)/p-1/t15-/m1/s1. The van der Waals surface area contributed by atoms with Gasteiger partial charge in [-0.05, 0) is 47.5 Å². The molecule has 2 aromatic heterocycles. The molecule has 1 aliphatic carbocycles. The van der Waals surface area contributed by atoms with E-state index < -0.39 is 28.2 Å². The Hall–Kier alpha value is -2.57. The number of ether oxygens (including phenoxy) is 2. The first-order valence-electron chi connectivity index (χ1n) is 11.3. The van der Waals surface area contributed by atoms with Crippen LogP contribution in [0.3, 0.4) is 0 Å². The highest BCUT2D eigenvalue weighted by molar-refractivity contribution is 7.79. The second-order valence-electron chi connectivity index (χ2n) is 9.97. The summed E-state index contributed by atoms with van der Waals surface area (Å²) in [5, 5.41) is 7.42. The summed E-state index contributed by atoms with van der Waals surface area (Å²) in [5.41, 5.74) is 0.133. The summed E-state index contributed by atoms with van der Waals surface area (Å²) in [6.07, 6.45) is 0.925. The molecule has 0 bridgehead atoms. The Morgan fingerprint density at radius 2 is 2.09 bits per heavy atom. The Morgan fingerprint density at radius 1 is 1.35 bits per heavy atom. The van der Waals surface area contributed by atoms with E-state index in [9.17, 15) is 13.6 Å². The van der Waals surface area contributed by atoms with Crippen LogP contribution in [0.25, 0.3) is 0 Å². The molecule has 11 nitrogen and oxygen atoms in total. The highest BCUT2D eigenvalue weighted by Crippen LogP contribution is 2.48. The molecular weight excluding hydrogens is 460 g/mol. The molecule has 2 fully saturated rings. The topological polar surface area (TPSA) is 135 Å². The first-order chi connectivity index (χ1) is 16.0. The van der Waals surface area contributed by atoms with Crippen LogP contribution in [0.2, 0.25) is 0 Å². The van der Waals surface area contributed by atoms with Gasteiger partial charge in [-0.1, -0.05) is 11.1 Å². The number of morpholine rings is 1. The van der Waals surface area contributed by atoms with Gasteiger partial charge in [-0.25, -0.2) is 9.78 Å². The minimum absolute atomic E-state index is 0.0218. The van der Waals surface area contributed by atoms with Crippen LogP contribution in [0.1, 0.15) is 51.9 Å². The number of anilines is 3. The molecule has 12 heteroatoms. The molecule has 186 valence electrons. The monoisotopic (exact) mass is 491 g/mol. The summed E-state index contributed by atoms with van der Waals surface area (Å²) in [4.78, 5) is 24.0. The molecule has 3 heterocycles. The van der Waals surface area contributed by atoms with Crippen molar-refractivity contribution in [2.24, 2.45) is 0 Å². The van der Waals surface area contributed by atoms with Crippen LogP contribution in [-0.2, 0) is 26.0 Å². The first kappa shape index (κ1) is 24.6. The van der Waals surface area contributed by atoms with Gasteiger partial charge in [0.15, 0.2) is 5.82 Å². The predicted octanol–water partition coefficient (Wildman–Crippen LogP) is 2.64. The summed E-state index contributed by atoms with van der Waals surface area (Å²) in [6, 6.07) is 3.70. The fourth-order valence-corrected chi connectivity index (χ4v) is 4.86. The molecular formula is C22H31N6O5S-. The molecule has 2 aromatic rings. The van der Waals surface area contributed by atoms with E-state index in [1.165, 1.54) is 4.68 Å². The van der Waals surface area contributed by atoms with E-state index in [2.05, 4.69) is 27.2 Å². The lowest BCUT2D eigenvalue weighted by atomic mass is 10.0. The second kappa shape index (κ2) is 9.23. The van der Waals surface area contributed by atoms with Crippen molar-refractivity contribution in [3.8, 4) is 0 Å². The maximum absolute atomic E-state index is 12.5. The van der Waals surface area contributed by atoms with Crippen LogP contribution in [0.5, 0.6) is 0 Å². The SMILES string of the molecule is Cc1cc(Nc2nc(N3CCOC[C@H]3C)cc(C3(CS(=O)[O-])CC3)n2)nn1C(=O)OC(C)(C)C. The summed E-state index contributed by atoms with van der Waals surface area (Å²) in [7, 11) is 0. The maximum atomic E-state index is 12.5. The third-order valence-electron chi connectivity index (χ3n) is 5.86. The van der Waals surface area contributed by atoms with Crippen LogP contribution in [-0.4, -0.2) is 71.8 Å². The maximum Gasteiger partial charge on any atom is 0.435 e. The van der Waals surface area contributed by atoms with Crippen molar-refractivity contribution in [1.82, 2.24) is 19.7 Å². The van der Waals surface area contributed by atoms with Gasteiger partial charge in [0.1, 0.15) is 11.4 Å². The lowest BCUT2D eigenvalue weighted by Gasteiger charge is -2.34. The first-order valence-corrected chi connectivity index (χ1v) is 12.6. The van der Waals surface area contributed by atoms with Gasteiger partial charge < -0.3 is 24.2 Å². The van der Waals surface area contributed by atoms with Gasteiger partial charge in [0.25, 0.3) is 0 Å². The van der Waals surface area contributed by atoms with Gasteiger partial charge >= 0.3 is 6.09 Å². The zero-order valence-electron chi connectivity index (χ0n) is 20.2.